The molecule has 0 unspecified atom stereocenters. The number of hydrogen-bond acceptors (Lipinski definition) is 2. The molecule has 12 heavy (non-hydrogen) atoms. The number of hydrogen-bond donors (Lipinski definition) is 1. The first-order valence-corrected chi connectivity index (χ1v) is 4.44. The zero-order valence-corrected chi connectivity index (χ0v) is 7.77. The molecule has 0 saturated heterocycles. The largest absolute Gasteiger partial charge is 0.393 e. The molecule has 4 heteroatoms. The monoisotopic (exact) mass is 171 g/mol. The molecule has 0 rings (SSSR count). The molecule has 0 amide bonds. The lowest BCUT2D eigenvalue weighted by atomic mass is 10.1. The van der Waals surface area contributed by atoms with Crippen LogP contribution < -0.4 is 0 Å². The highest BCUT2D eigenvalue weighted by Gasteiger charge is 2.11. The molecular weight excluding hydrogens is 154 g/mol. The van der Waals surface area contributed by atoms with Crippen LogP contribution in [0.1, 0.15) is 39.5 Å². The van der Waals surface area contributed by atoms with Crippen LogP contribution in [-0.4, -0.2) is 17.3 Å². The number of azide groups is 1. The second-order valence-corrected chi connectivity index (χ2v) is 3.01. The van der Waals surface area contributed by atoms with Gasteiger partial charge < -0.3 is 5.11 Å². The molecule has 0 bridgehead atoms. The summed E-state index contributed by atoms with van der Waals surface area (Å²) in [5.41, 5.74) is 8.19. The van der Waals surface area contributed by atoms with Crippen molar-refractivity contribution in [1.82, 2.24) is 0 Å². The van der Waals surface area contributed by atoms with Crippen LogP contribution in [-0.2, 0) is 0 Å². The van der Waals surface area contributed by atoms with Gasteiger partial charge in [0.25, 0.3) is 0 Å². The molecule has 1 N–H and O–H groups in total. The minimum atomic E-state index is -0.530. The quantitative estimate of drug-likeness (QED) is 0.284. The second-order valence-electron chi connectivity index (χ2n) is 3.01. The van der Waals surface area contributed by atoms with E-state index in [4.69, 9.17) is 5.53 Å². The molecule has 0 aliphatic carbocycles. The predicted molar refractivity (Wildman–Crippen MR) is 48.8 cm³/mol. The number of unbranched alkanes of at least 4 members (excludes halogenated alkanes) is 2. The Balaban J connectivity index is 3.71. The maximum Gasteiger partial charge on any atom is 0.0631 e. The van der Waals surface area contributed by atoms with E-state index in [0.717, 1.165) is 25.7 Å². The first kappa shape index (κ1) is 11.3. The highest BCUT2D eigenvalue weighted by atomic mass is 16.3. The maximum absolute atomic E-state index is 9.18. The summed E-state index contributed by atoms with van der Waals surface area (Å²) in [5, 5.41) is 12.7. The van der Waals surface area contributed by atoms with Gasteiger partial charge in [0.15, 0.2) is 0 Å². The molecule has 0 saturated carbocycles. The van der Waals surface area contributed by atoms with E-state index in [9.17, 15) is 5.11 Å². The molecule has 0 aromatic carbocycles. The van der Waals surface area contributed by atoms with Crippen molar-refractivity contribution in [3.8, 4) is 0 Å². The molecule has 0 aliphatic heterocycles. The lowest BCUT2D eigenvalue weighted by molar-refractivity contribution is 0.158. The van der Waals surface area contributed by atoms with E-state index in [1.165, 1.54) is 0 Å². The van der Waals surface area contributed by atoms with Gasteiger partial charge in [-0.1, -0.05) is 31.3 Å². The lowest BCUT2D eigenvalue weighted by Crippen LogP contribution is -2.19. The van der Waals surface area contributed by atoms with Crippen LogP contribution in [0.2, 0.25) is 0 Å². The van der Waals surface area contributed by atoms with Crippen molar-refractivity contribution < 1.29 is 5.11 Å². The van der Waals surface area contributed by atoms with Crippen molar-refractivity contribution in [1.29, 1.82) is 0 Å². The van der Waals surface area contributed by atoms with Crippen molar-refractivity contribution in [2.75, 3.05) is 0 Å². The Bertz CT molecular complexity index is 152. The van der Waals surface area contributed by atoms with Crippen molar-refractivity contribution in [2.24, 2.45) is 5.11 Å². The average Bonchev–Trinajstić information content (AvgIpc) is 2.03. The van der Waals surface area contributed by atoms with Gasteiger partial charge in [-0.2, -0.15) is 0 Å². The molecule has 0 aromatic rings. The molecule has 70 valence electrons. The topological polar surface area (TPSA) is 69.0 Å². The summed E-state index contributed by atoms with van der Waals surface area (Å²) in [6.07, 6.45) is 3.55. The Morgan fingerprint density at radius 3 is 2.58 bits per heavy atom. The summed E-state index contributed by atoms with van der Waals surface area (Å²) in [5.74, 6) is 0. The van der Waals surface area contributed by atoms with E-state index < -0.39 is 6.10 Å². The van der Waals surface area contributed by atoms with Gasteiger partial charge in [0.05, 0.1) is 12.1 Å². The van der Waals surface area contributed by atoms with E-state index in [0.29, 0.717) is 0 Å². The molecule has 0 fully saturated rings. The van der Waals surface area contributed by atoms with Crippen LogP contribution in [0.4, 0.5) is 0 Å². The summed E-state index contributed by atoms with van der Waals surface area (Å²) in [4.78, 5) is 2.70. The summed E-state index contributed by atoms with van der Waals surface area (Å²) in [6, 6.07) is -0.249. The van der Waals surface area contributed by atoms with Crippen LogP contribution in [0.25, 0.3) is 10.4 Å². The molecule has 0 radical (unpaired) electrons. The smallest absolute Gasteiger partial charge is 0.0631 e. The summed E-state index contributed by atoms with van der Waals surface area (Å²) < 4.78 is 0. The van der Waals surface area contributed by atoms with E-state index >= 15 is 0 Å². The summed E-state index contributed by atoms with van der Waals surface area (Å²) in [6.45, 7) is 3.77. The average molecular weight is 171 g/mol. The second kappa shape index (κ2) is 6.95. The minimum absolute atomic E-state index is 0.249. The fourth-order valence-corrected chi connectivity index (χ4v) is 1.07. The summed E-state index contributed by atoms with van der Waals surface area (Å²) in [7, 11) is 0. The molecule has 0 aromatic heterocycles. The minimum Gasteiger partial charge on any atom is -0.393 e. The van der Waals surface area contributed by atoms with Crippen molar-refractivity contribution in [2.45, 2.75) is 51.7 Å². The molecule has 0 aliphatic rings. The Kier molecular flexibility index (Phi) is 6.53. The number of aliphatic hydroxyl groups is 1. The normalized spacial score (nSPS) is 14.9. The van der Waals surface area contributed by atoms with Gasteiger partial charge in [-0.25, -0.2) is 0 Å². The Morgan fingerprint density at radius 1 is 1.50 bits per heavy atom. The lowest BCUT2D eigenvalue weighted by Gasteiger charge is -2.12. The predicted octanol–water partition coefficient (Wildman–Crippen LogP) is 2.63. The van der Waals surface area contributed by atoms with Gasteiger partial charge in [-0.15, -0.1) is 0 Å². The van der Waals surface area contributed by atoms with Gasteiger partial charge in [0.2, 0.25) is 0 Å². The van der Waals surface area contributed by atoms with Crippen LogP contribution >= 0.6 is 0 Å². The third-order valence-corrected chi connectivity index (χ3v) is 1.86. The van der Waals surface area contributed by atoms with Gasteiger partial charge in [-0.05, 0) is 18.9 Å². The highest BCUT2D eigenvalue weighted by Crippen LogP contribution is 2.10. The molecule has 0 heterocycles. The van der Waals surface area contributed by atoms with Crippen LogP contribution in [0.5, 0.6) is 0 Å². The zero-order chi connectivity index (χ0) is 9.40. The van der Waals surface area contributed by atoms with Gasteiger partial charge >= 0.3 is 0 Å². The number of rotatable bonds is 6. The van der Waals surface area contributed by atoms with Crippen LogP contribution in [0.3, 0.4) is 0 Å². The van der Waals surface area contributed by atoms with Gasteiger partial charge in [-0.3, -0.25) is 0 Å². The van der Waals surface area contributed by atoms with Gasteiger partial charge in [0.1, 0.15) is 0 Å². The van der Waals surface area contributed by atoms with E-state index in [1.807, 2.05) is 0 Å². The fraction of sp³-hybridized carbons (Fsp3) is 1.00. The van der Waals surface area contributed by atoms with Crippen LogP contribution in [0.15, 0.2) is 5.11 Å². The van der Waals surface area contributed by atoms with E-state index in [-0.39, 0.29) is 6.04 Å². The first-order chi connectivity index (χ1) is 5.72. The third kappa shape index (κ3) is 4.99. The Hall–Kier alpha value is -0.730. The number of aliphatic hydroxyl groups excluding tert-OH is 1. The molecular formula is C8H17N3O. The van der Waals surface area contributed by atoms with E-state index in [1.54, 1.807) is 6.92 Å². The number of nitrogens with zero attached hydrogens (tertiary/aromatic N) is 3. The van der Waals surface area contributed by atoms with Crippen molar-refractivity contribution in [3.05, 3.63) is 10.4 Å². The van der Waals surface area contributed by atoms with Crippen molar-refractivity contribution in [3.63, 3.8) is 0 Å². The third-order valence-electron chi connectivity index (χ3n) is 1.86. The SMILES string of the molecule is CCCCC[C@@H](N=[N+]=[N-])[C@H](C)O. The summed E-state index contributed by atoms with van der Waals surface area (Å²) >= 11 is 0. The van der Waals surface area contributed by atoms with Crippen LogP contribution in [0, 0.1) is 0 Å². The standard InChI is InChI=1S/C8H17N3O/c1-3-4-5-6-8(7(2)12)10-11-9/h7-8,12H,3-6H2,1-2H3/t7-,8+/m0/s1. The van der Waals surface area contributed by atoms with Gasteiger partial charge in [0, 0.05) is 4.91 Å². The van der Waals surface area contributed by atoms with E-state index in [2.05, 4.69) is 16.9 Å². The first-order valence-electron chi connectivity index (χ1n) is 4.44. The molecule has 0 spiro atoms. The molecule has 4 nitrogen and oxygen atoms in total. The Morgan fingerprint density at radius 2 is 2.17 bits per heavy atom. The fourth-order valence-electron chi connectivity index (χ4n) is 1.07. The maximum atomic E-state index is 9.18. The van der Waals surface area contributed by atoms with Crippen molar-refractivity contribution >= 4 is 0 Å². The molecule has 2 atom stereocenters. The Labute approximate surface area is 73.2 Å². The zero-order valence-electron chi connectivity index (χ0n) is 7.77. The highest BCUT2D eigenvalue weighted by molar-refractivity contribution is 4.72.